The van der Waals surface area contributed by atoms with Gasteiger partial charge in [-0.25, -0.2) is 4.98 Å². The Kier molecular flexibility index (Phi) is 4.94. The summed E-state index contributed by atoms with van der Waals surface area (Å²) in [4.78, 5) is 9.62. The highest BCUT2D eigenvalue weighted by Crippen LogP contribution is 2.25. The lowest BCUT2D eigenvalue weighted by atomic mass is 10.0. The third-order valence-corrected chi connectivity index (χ3v) is 5.34. The molecule has 0 bridgehead atoms. The van der Waals surface area contributed by atoms with Crippen LogP contribution < -0.4 is 4.90 Å². The second-order valence-electron chi connectivity index (χ2n) is 7.54. The van der Waals surface area contributed by atoms with Crippen molar-refractivity contribution in [2.45, 2.75) is 26.8 Å². The second-order valence-corrected chi connectivity index (χ2v) is 7.54. The minimum absolute atomic E-state index is 0.621. The number of aromatic amines is 1. The van der Waals surface area contributed by atoms with Gasteiger partial charge in [0.2, 0.25) is 0 Å². The first-order valence-electron chi connectivity index (χ1n) is 9.68. The maximum atomic E-state index is 4.72. The minimum atomic E-state index is 0.621. The van der Waals surface area contributed by atoms with Crippen molar-refractivity contribution in [2.75, 3.05) is 31.1 Å². The second kappa shape index (κ2) is 7.53. The molecular formula is C22H27N5. The van der Waals surface area contributed by atoms with Gasteiger partial charge in [0.05, 0.1) is 5.69 Å². The molecule has 1 saturated heterocycles. The lowest BCUT2D eigenvalue weighted by molar-refractivity contribution is 0.209. The van der Waals surface area contributed by atoms with Gasteiger partial charge in [-0.1, -0.05) is 24.3 Å². The largest absolute Gasteiger partial charge is 0.354 e. The number of hydrogen-bond acceptors (Lipinski definition) is 4. The van der Waals surface area contributed by atoms with Gasteiger partial charge in [0, 0.05) is 55.2 Å². The summed E-state index contributed by atoms with van der Waals surface area (Å²) in [6.45, 7) is 10.8. The molecule has 140 valence electrons. The van der Waals surface area contributed by atoms with Crippen LogP contribution in [0.2, 0.25) is 0 Å². The number of aromatic nitrogens is 3. The van der Waals surface area contributed by atoms with Crippen LogP contribution in [0.5, 0.6) is 0 Å². The molecular weight excluding hydrogens is 334 g/mol. The molecule has 0 aliphatic carbocycles. The van der Waals surface area contributed by atoms with Gasteiger partial charge in [-0.15, -0.1) is 0 Å². The van der Waals surface area contributed by atoms with E-state index in [-0.39, 0.29) is 0 Å². The summed E-state index contributed by atoms with van der Waals surface area (Å²) in [5.41, 5.74) is 5.49. The monoisotopic (exact) mass is 361 g/mol. The molecule has 0 amide bonds. The van der Waals surface area contributed by atoms with Gasteiger partial charge in [0.25, 0.3) is 0 Å². The molecule has 1 N–H and O–H groups in total. The quantitative estimate of drug-likeness (QED) is 0.764. The number of H-pyrrole nitrogens is 1. The Bertz CT molecular complexity index is 872. The molecule has 4 rings (SSSR count). The number of piperazine rings is 1. The summed E-state index contributed by atoms with van der Waals surface area (Å²) in [6.07, 6.45) is 1.98. The fourth-order valence-corrected chi connectivity index (χ4v) is 3.61. The van der Waals surface area contributed by atoms with Crippen molar-refractivity contribution in [1.29, 1.82) is 0 Å². The number of hydrogen-bond donors (Lipinski definition) is 1. The third-order valence-electron chi connectivity index (χ3n) is 5.34. The van der Waals surface area contributed by atoms with Crippen LogP contribution in [0, 0.1) is 6.92 Å². The van der Waals surface area contributed by atoms with Crippen molar-refractivity contribution in [3.05, 3.63) is 54.4 Å². The van der Waals surface area contributed by atoms with Gasteiger partial charge in [-0.2, -0.15) is 5.10 Å². The molecule has 5 nitrogen and oxygen atoms in total. The Labute approximate surface area is 161 Å². The van der Waals surface area contributed by atoms with Crippen molar-refractivity contribution in [3.8, 4) is 22.4 Å². The van der Waals surface area contributed by atoms with E-state index in [1.54, 1.807) is 0 Å². The molecule has 3 aromatic rings. The number of aryl methyl sites for hydroxylation is 1. The molecule has 5 heteroatoms. The van der Waals surface area contributed by atoms with Gasteiger partial charge in [-0.3, -0.25) is 10.00 Å². The normalized spacial score (nSPS) is 15.5. The number of anilines is 1. The fourth-order valence-electron chi connectivity index (χ4n) is 3.61. The molecule has 1 aromatic carbocycles. The van der Waals surface area contributed by atoms with Crippen LogP contribution in [0.25, 0.3) is 22.4 Å². The average Bonchev–Trinajstić information content (AvgIpc) is 3.15. The Balaban J connectivity index is 1.45. The van der Waals surface area contributed by atoms with E-state index in [4.69, 9.17) is 4.98 Å². The number of nitrogens with one attached hydrogen (secondary N) is 1. The predicted octanol–water partition coefficient (Wildman–Crippen LogP) is 3.98. The van der Waals surface area contributed by atoms with Crippen molar-refractivity contribution < 1.29 is 0 Å². The summed E-state index contributed by atoms with van der Waals surface area (Å²) in [6, 6.07) is 15.5. The molecule has 1 aliphatic rings. The molecule has 0 atom stereocenters. The number of pyridine rings is 1. The molecule has 3 heterocycles. The maximum Gasteiger partial charge on any atom is 0.128 e. The lowest BCUT2D eigenvalue weighted by Crippen LogP contribution is -2.49. The van der Waals surface area contributed by atoms with E-state index in [0.717, 1.165) is 54.5 Å². The molecule has 27 heavy (non-hydrogen) atoms. The van der Waals surface area contributed by atoms with Crippen molar-refractivity contribution >= 4 is 5.82 Å². The topological polar surface area (TPSA) is 48.1 Å². The first-order chi connectivity index (χ1) is 13.1. The van der Waals surface area contributed by atoms with E-state index in [2.05, 4.69) is 76.3 Å². The Morgan fingerprint density at radius 1 is 0.889 bits per heavy atom. The molecule has 0 saturated carbocycles. The highest BCUT2D eigenvalue weighted by molar-refractivity contribution is 5.69. The molecule has 2 aromatic heterocycles. The zero-order valence-electron chi connectivity index (χ0n) is 16.3. The summed E-state index contributed by atoms with van der Waals surface area (Å²) < 4.78 is 0. The Morgan fingerprint density at radius 3 is 2.11 bits per heavy atom. The van der Waals surface area contributed by atoms with Gasteiger partial charge in [0.15, 0.2) is 0 Å². The van der Waals surface area contributed by atoms with Gasteiger partial charge in [0.1, 0.15) is 5.82 Å². The zero-order valence-corrected chi connectivity index (χ0v) is 16.3. The van der Waals surface area contributed by atoms with E-state index in [1.165, 1.54) is 5.56 Å². The van der Waals surface area contributed by atoms with Crippen LogP contribution in [0.1, 0.15) is 19.5 Å². The smallest absolute Gasteiger partial charge is 0.128 e. The van der Waals surface area contributed by atoms with E-state index >= 15 is 0 Å². The first kappa shape index (κ1) is 17.7. The van der Waals surface area contributed by atoms with E-state index in [0.29, 0.717) is 6.04 Å². The number of benzene rings is 1. The van der Waals surface area contributed by atoms with Gasteiger partial charge < -0.3 is 4.90 Å². The average molecular weight is 361 g/mol. The molecule has 0 unspecified atom stereocenters. The summed E-state index contributed by atoms with van der Waals surface area (Å²) in [5, 5.41) is 7.31. The Morgan fingerprint density at radius 2 is 1.56 bits per heavy atom. The number of rotatable bonds is 4. The van der Waals surface area contributed by atoms with Crippen molar-refractivity contribution in [2.24, 2.45) is 0 Å². The fraction of sp³-hybridized carbons (Fsp3) is 0.364. The van der Waals surface area contributed by atoms with E-state index < -0.39 is 0 Å². The standard InChI is InChI=1S/C22H27N5/c1-16(2)26-10-12-27(13-11-26)22-9-8-20(15-23-22)18-4-6-19(7-5-18)21-14-17(3)24-25-21/h4-9,14-16H,10-13H2,1-3H3,(H,24,25). The maximum absolute atomic E-state index is 4.72. The zero-order chi connectivity index (χ0) is 18.8. The van der Waals surface area contributed by atoms with Crippen LogP contribution in [-0.2, 0) is 0 Å². The molecule has 0 spiro atoms. The van der Waals surface area contributed by atoms with E-state index in [1.807, 2.05) is 13.1 Å². The number of nitrogens with zero attached hydrogens (tertiary/aromatic N) is 4. The first-order valence-corrected chi connectivity index (χ1v) is 9.68. The summed E-state index contributed by atoms with van der Waals surface area (Å²) in [7, 11) is 0. The van der Waals surface area contributed by atoms with Gasteiger partial charge >= 0.3 is 0 Å². The van der Waals surface area contributed by atoms with E-state index in [9.17, 15) is 0 Å². The van der Waals surface area contributed by atoms with Crippen LogP contribution >= 0.6 is 0 Å². The van der Waals surface area contributed by atoms with Crippen molar-refractivity contribution in [1.82, 2.24) is 20.1 Å². The third kappa shape index (κ3) is 3.88. The van der Waals surface area contributed by atoms with Crippen LogP contribution in [0.15, 0.2) is 48.7 Å². The van der Waals surface area contributed by atoms with Crippen molar-refractivity contribution in [3.63, 3.8) is 0 Å². The Hall–Kier alpha value is -2.66. The lowest BCUT2D eigenvalue weighted by Gasteiger charge is -2.37. The molecule has 0 radical (unpaired) electrons. The molecule has 1 fully saturated rings. The minimum Gasteiger partial charge on any atom is -0.354 e. The predicted molar refractivity (Wildman–Crippen MR) is 111 cm³/mol. The van der Waals surface area contributed by atoms with Crippen LogP contribution in [-0.4, -0.2) is 52.3 Å². The van der Waals surface area contributed by atoms with Crippen LogP contribution in [0.4, 0.5) is 5.82 Å². The van der Waals surface area contributed by atoms with Gasteiger partial charge in [-0.05, 0) is 44.5 Å². The molecule has 1 aliphatic heterocycles. The summed E-state index contributed by atoms with van der Waals surface area (Å²) >= 11 is 0. The summed E-state index contributed by atoms with van der Waals surface area (Å²) in [5.74, 6) is 1.07. The van der Waals surface area contributed by atoms with Crippen LogP contribution in [0.3, 0.4) is 0 Å². The highest BCUT2D eigenvalue weighted by atomic mass is 15.3. The highest BCUT2D eigenvalue weighted by Gasteiger charge is 2.19. The SMILES string of the molecule is Cc1cc(-c2ccc(-c3ccc(N4CCN(C(C)C)CC4)nc3)cc2)n[nH]1.